The lowest BCUT2D eigenvalue weighted by Crippen LogP contribution is -2.10. The lowest BCUT2D eigenvalue weighted by atomic mass is 9.98. The van der Waals surface area contributed by atoms with Crippen molar-refractivity contribution in [3.63, 3.8) is 0 Å². The Morgan fingerprint density at radius 1 is 1.60 bits per heavy atom. The lowest BCUT2D eigenvalue weighted by Gasteiger charge is -2.11. The molecular formula is C12H18O3. The molecule has 0 spiro atoms. The van der Waals surface area contributed by atoms with Gasteiger partial charge in [0, 0.05) is 5.92 Å². The summed E-state index contributed by atoms with van der Waals surface area (Å²) in [7, 11) is 0. The van der Waals surface area contributed by atoms with E-state index >= 15 is 0 Å². The van der Waals surface area contributed by atoms with Gasteiger partial charge in [-0.2, -0.15) is 0 Å². The van der Waals surface area contributed by atoms with Crippen molar-refractivity contribution in [2.75, 3.05) is 0 Å². The van der Waals surface area contributed by atoms with Crippen LogP contribution in [0.2, 0.25) is 0 Å². The average molecular weight is 210 g/mol. The van der Waals surface area contributed by atoms with Crippen LogP contribution in [-0.4, -0.2) is 23.3 Å². The molecule has 1 N–H and O–H groups in total. The maximum atomic E-state index is 11.0. The lowest BCUT2D eigenvalue weighted by molar-refractivity contribution is -0.140. The zero-order valence-corrected chi connectivity index (χ0v) is 9.11. The Morgan fingerprint density at radius 2 is 2.40 bits per heavy atom. The van der Waals surface area contributed by atoms with Gasteiger partial charge in [-0.1, -0.05) is 19.8 Å². The Labute approximate surface area is 90.1 Å². The van der Waals surface area contributed by atoms with Crippen molar-refractivity contribution in [1.29, 1.82) is 0 Å². The van der Waals surface area contributed by atoms with Gasteiger partial charge >= 0.3 is 5.97 Å². The minimum absolute atomic E-state index is 0.0521. The molecule has 3 nitrogen and oxygen atoms in total. The second-order valence-electron chi connectivity index (χ2n) is 4.52. The third-order valence-corrected chi connectivity index (χ3v) is 3.30. The first kappa shape index (κ1) is 10.7. The zero-order valence-electron chi connectivity index (χ0n) is 9.11. The second-order valence-corrected chi connectivity index (χ2v) is 4.52. The second kappa shape index (κ2) is 4.35. The van der Waals surface area contributed by atoms with Crippen molar-refractivity contribution in [2.24, 2.45) is 5.92 Å². The molecule has 1 aliphatic carbocycles. The first-order valence-electron chi connectivity index (χ1n) is 5.79. The summed E-state index contributed by atoms with van der Waals surface area (Å²) in [6, 6.07) is 0. The van der Waals surface area contributed by atoms with Gasteiger partial charge in [0.05, 0.1) is 12.5 Å². The summed E-state index contributed by atoms with van der Waals surface area (Å²) in [5.41, 5.74) is 1.07. The van der Waals surface area contributed by atoms with Crippen LogP contribution < -0.4 is 0 Å². The van der Waals surface area contributed by atoms with E-state index in [-0.39, 0.29) is 18.2 Å². The topological polar surface area (TPSA) is 46.5 Å². The van der Waals surface area contributed by atoms with Crippen LogP contribution >= 0.6 is 0 Å². The molecule has 15 heavy (non-hydrogen) atoms. The number of fused-ring (bicyclic) bond motifs is 1. The monoisotopic (exact) mass is 210 g/mol. The summed E-state index contributed by atoms with van der Waals surface area (Å²) in [5, 5.41) is 9.89. The molecule has 0 amide bonds. The third-order valence-electron chi connectivity index (χ3n) is 3.30. The number of rotatable bonds is 4. The van der Waals surface area contributed by atoms with E-state index in [0.717, 1.165) is 31.3 Å². The van der Waals surface area contributed by atoms with E-state index in [2.05, 4.69) is 6.92 Å². The molecule has 3 heteroatoms. The average Bonchev–Trinajstić information content (AvgIpc) is 2.70. The predicted octanol–water partition coefficient (Wildman–Crippen LogP) is 1.80. The highest BCUT2D eigenvalue weighted by molar-refractivity contribution is 5.73. The fraction of sp³-hybridized carbons (Fsp3) is 0.750. The molecule has 1 aliphatic heterocycles. The van der Waals surface area contributed by atoms with Gasteiger partial charge in [-0.15, -0.1) is 0 Å². The molecule has 2 rings (SSSR count). The molecule has 84 valence electrons. The summed E-state index contributed by atoms with van der Waals surface area (Å²) in [5.74, 6) is 0.201. The smallest absolute Gasteiger partial charge is 0.306 e. The summed E-state index contributed by atoms with van der Waals surface area (Å²) in [6.45, 7) is 2.12. The number of esters is 1. The molecular weight excluding hydrogens is 192 g/mol. The van der Waals surface area contributed by atoms with Gasteiger partial charge in [0.15, 0.2) is 0 Å². The third kappa shape index (κ3) is 2.23. The maximum absolute atomic E-state index is 11.0. The number of unbranched alkanes of at least 4 members (excludes halogenated alkanes) is 1. The van der Waals surface area contributed by atoms with Gasteiger partial charge in [-0.25, -0.2) is 0 Å². The van der Waals surface area contributed by atoms with Crippen molar-refractivity contribution >= 4 is 5.97 Å². The Morgan fingerprint density at radius 3 is 3.07 bits per heavy atom. The molecule has 0 saturated carbocycles. The van der Waals surface area contributed by atoms with Crippen LogP contribution in [0.25, 0.3) is 0 Å². The fourth-order valence-corrected chi connectivity index (χ4v) is 2.40. The Kier molecular flexibility index (Phi) is 3.10. The van der Waals surface area contributed by atoms with E-state index in [1.165, 1.54) is 0 Å². The first-order valence-corrected chi connectivity index (χ1v) is 5.79. The summed E-state index contributed by atoms with van der Waals surface area (Å²) < 4.78 is 5.14. The summed E-state index contributed by atoms with van der Waals surface area (Å²) in [4.78, 5) is 11.0. The number of hydrogen-bond acceptors (Lipinski definition) is 3. The number of carbonyl (C=O) groups excluding carboxylic acids is 1. The zero-order chi connectivity index (χ0) is 10.8. The van der Waals surface area contributed by atoms with E-state index in [1.807, 2.05) is 6.08 Å². The Bertz CT molecular complexity index is 283. The number of aliphatic hydroxyl groups excluding tert-OH is 1. The number of ether oxygens (including phenoxy) is 1. The highest BCUT2D eigenvalue weighted by Gasteiger charge is 2.39. The SMILES string of the molecule is CCCCC(O)C1=CC2OC(=O)CC2C1. The van der Waals surface area contributed by atoms with Crippen LogP contribution in [0.3, 0.4) is 0 Å². The van der Waals surface area contributed by atoms with Crippen LogP contribution in [0, 0.1) is 5.92 Å². The maximum Gasteiger partial charge on any atom is 0.306 e. The molecule has 0 aromatic rings. The van der Waals surface area contributed by atoms with E-state index < -0.39 is 0 Å². The van der Waals surface area contributed by atoms with E-state index in [0.29, 0.717) is 12.3 Å². The van der Waals surface area contributed by atoms with E-state index in [1.54, 1.807) is 0 Å². The number of hydrogen-bond donors (Lipinski definition) is 1. The predicted molar refractivity (Wildman–Crippen MR) is 56.2 cm³/mol. The molecule has 1 fully saturated rings. The van der Waals surface area contributed by atoms with Gasteiger partial charge in [0.25, 0.3) is 0 Å². The molecule has 0 aromatic carbocycles. The molecule has 1 saturated heterocycles. The van der Waals surface area contributed by atoms with Crippen molar-refractivity contribution in [1.82, 2.24) is 0 Å². The minimum Gasteiger partial charge on any atom is -0.458 e. The van der Waals surface area contributed by atoms with Crippen LogP contribution in [0.5, 0.6) is 0 Å². The largest absolute Gasteiger partial charge is 0.458 e. The molecule has 0 aromatic heterocycles. The van der Waals surface area contributed by atoms with Gasteiger partial charge in [-0.05, 0) is 24.5 Å². The minimum atomic E-state index is -0.325. The normalized spacial score (nSPS) is 31.1. The Hall–Kier alpha value is -0.830. The van der Waals surface area contributed by atoms with Gasteiger partial charge in [-0.3, -0.25) is 4.79 Å². The molecule has 2 aliphatic rings. The summed E-state index contributed by atoms with van der Waals surface area (Å²) >= 11 is 0. The van der Waals surface area contributed by atoms with Crippen LogP contribution in [0.15, 0.2) is 11.6 Å². The first-order chi connectivity index (χ1) is 7.20. The van der Waals surface area contributed by atoms with Crippen molar-refractivity contribution < 1.29 is 14.6 Å². The standard InChI is InChI=1S/C12H18O3/c1-2-3-4-10(13)8-5-9-7-12(14)15-11(9)6-8/h6,9-11,13H,2-5,7H2,1H3. The van der Waals surface area contributed by atoms with Crippen molar-refractivity contribution in [2.45, 2.75) is 51.2 Å². The molecule has 0 bridgehead atoms. The quantitative estimate of drug-likeness (QED) is 0.568. The van der Waals surface area contributed by atoms with Crippen molar-refractivity contribution in [3.8, 4) is 0 Å². The van der Waals surface area contributed by atoms with Gasteiger partial charge in [0.2, 0.25) is 0 Å². The fourth-order valence-electron chi connectivity index (χ4n) is 2.40. The summed E-state index contributed by atoms with van der Waals surface area (Å²) in [6.07, 6.45) is 5.91. The van der Waals surface area contributed by atoms with Crippen molar-refractivity contribution in [3.05, 3.63) is 11.6 Å². The van der Waals surface area contributed by atoms with Crippen LogP contribution in [0.4, 0.5) is 0 Å². The Balaban J connectivity index is 1.90. The van der Waals surface area contributed by atoms with Crippen LogP contribution in [-0.2, 0) is 9.53 Å². The molecule has 1 heterocycles. The highest BCUT2D eigenvalue weighted by atomic mass is 16.5. The van der Waals surface area contributed by atoms with Crippen LogP contribution in [0.1, 0.15) is 39.0 Å². The molecule has 3 unspecified atom stereocenters. The van der Waals surface area contributed by atoms with E-state index in [4.69, 9.17) is 4.74 Å². The van der Waals surface area contributed by atoms with Gasteiger partial charge in [0.1, 0.15) is 6.10 Å². The molecule has 3 atom stereocenters. The van der Waals surface area contributed by atoms with E-state index in [9.17, 15) is 9.90 Å². The molecule has 0 radical (unpaired) electrons. The highest BCUT2D eigenvalue weighted by Crippen LogP contribution is 2.37. The van der Waals surface area contributed by atoms with Gasteiger partial charge < -0.3 is 9.84 Å². The number of aliphatic hydroxyl groups is 1. The number of carbonyl (C=O) groups is 1.